The second-order valence-electron chi connectivity index (χ2n) is 5.20. The average Bonchev–Trinajstić information content (AvgIpc) is 3.03. The van der Waals surface area contributed by atoms with Crippen LogP contribution < -0.4 is 21.8 Å². The van der Waals surface area contributed by atoms with Crippen molar-refractivity contribution in [2.24, 2.45) is 10.7 Å². The van der Waals surface area contributed by atoms with Crippen LogP contribution in [0.3, 0.4) is 0 Å². The van der Waals surface area contributed by atoms with Crippen LogP contribution in [-0.2, 0) is 0 Å². The number of amidine groups is 1. The number of anilines is 1. The SMILES string of the molecule is C=C(N)NCCCNc1nonc1C(=Nc1ccc(C)c(Br)c1)NO. The van der Waals surface area contributed by atoms with Gasteiger partial charge in [-0.1, -0.05) is 28.6 Å². The molecule has 0 unspecified atom stereocenters. The zero-order valence-corrected chi connectivity index (χ0v) is 15.3. The Hall–Kier alpha value is -2.59. The number of aryl methyl sites for hydroxylation is 1. The Morgan fingerprint density at radius 1 is 1.40 bits per heavy atom. The maximum Gasteiger partial charge on any atom is 0.202 e. The molecule has 0 aliphatic carbocycles. The van der Waals surface area contributed by atoms with Crippen LogP contribution in [0.15, 0.2) is 44.7 Å². The van der Waals surface area contributed by atoms with Crippen LogP contribution in [0.5, 0.6) is 0 Å². The molecule has 0 saturated carbocycles. The first-order valence-electron chi connectivity index (χ1n) is 7.51. The van der Waals surface area contributed by atoms with Crippen molar-refractivity contribution in [3.63, 3.8) is 0 Å². The van der Waals surface area contributed by atoms with Gasteiger partial charge in [-0.05, 0) is 41.4 Å². The van der Waals surface area contributed by atoms with E-state index in [1.165, 1.54) is 0 Å². The lowest BCUT2D eigenvalue weighted by Crippen LogP contribution is -2.23. The predicted molar refractivity (Wildman–Crippen MR) is 98.7 cm³/mol. The van der Waals surface area contributed by atoms with Crippen molar-refractivity contribution in [1.82, 2.24) is 21.1 Å². The summed E-state index contributed by atoms with van der Waals surface area (Å²) in [6.07, 6.45) is 0.770. The smallest absolute Gasteiger partial charge is 0.202 e. The van der Waals surface area contributed by atoms with Gasteiger partial charge in [-0.3, -0.25) is 10.7 Å². The van der Waals surface area contributed by atoms with Crippen molar-refractivity contribution in [3.05, 3.63) is 46.3 Å². The van der Waals surface area contributed by atoms with Gasteiger partial charge in [-0.15, -0.1) is 0 Å². The van der Waals surface area contributed by atoms with Gasteiger partial charge in [-0.2, -0.15) is 0 Å². The van der Waals surface area contributed by atoms with Gasteiger partial charge in [0.25, 0.3) is 0 Å². The number of benzene rings is 1. The number of hydrogen-bond donors (Lipinski definition) is 5. The minimum Gasteiger partial charge on any atom is -0.386 e. The summed E-state index contributed by atoms with van der Waals surface area (Å²) >= 11 is 3.45. The third-order valence-corrected chi connectivity index (χ3v) is 4.07. The fraction of sp³-hybridized carbons (Fsp3) is 0.267. The third-order valence-electron chi connectivity index (χ3n) is 3.21. The predicted octanol–water partition coefficient (Wildman–Crippen LogP) is 2.02. The molecule has 9 nitrogen and oxygen atoms in total. The quantitative estimate of drug-likeness (QED) is 0.193. The third kappa shape index (κ3) is 5.47. The number of halogens is 1. The van der Waals surface area contributed by atoms with Gasteiger partial charge in [-0.25, -0.2) is 9.62 Å². The van der Waals surface area contributed by atoms with Crippen LogP contribution in [0.25, 0.3) is 0 Å². The molecule has 25 heavy (non-hydrogen) atoms. The number of aliphatic imine (C=N–C) groups is 1. The highest BCUT2D eigenvalue weighted by Crippen LogP contribution is 2.23. The Labute approximate surface area is 153 Å². The molecular weight excluding hydrogens is 390 g/mol. The zero-order valence-electron chi connectivity index (χ0n) is 13.7. The molecule has 1 aromatic heterocycles. The largest absolute Gasteiger partial charge is 0.386 e. The minimum absolute atomic E-state index is 0.118. The Morgan fingerprint density at radius 2 is 2.20 bits per heavy atom. The summed E-state index contributed by atoms with van der Waals surface area (Å²) in [4.78, 5) is 4.33. The van der Waals surface area contributed by atoms with E-state index >= 15 is 0 Å². The van der Waals surface area contributed by atoms with Gasteiger partial charge in [0.05, 0.1) is 11.5 Å². The monoisotopic (exact) mass is 409 g/mol. The number of rotatable bonds is 8. The molecule has 0 aliphatic heterocycles. The molecule has 0 aliphatic rings. The number of hydrogen-bond acceptors (Lipinski definition) is 8. The van der Waals surface area contributed by atoms with Crippen LogP contribution in [0.2, 0.25) is 0 Å². The molecule has 0 fully saturated rings. The van der Waals surface area contributed by atoms with Gasteiger partial charge >= 0.3 is 0 Å². The van der Waals surface area contributed by atoms with Crippen molar-refractivity contribution in [2.45, 2.75) is 13.3 Å². The molecule has 0 spiro atoms. The van der Waals surface area contributed by atoms with Crippen molar-refractivity contribution in [3.8, 4) is 0 Å². The Kier molecular flexibility index (Phi) is 6.78. The average molecular weight is 410 g/mol. The fourth-order valence-corrected chi connectivity index (χ4v) is 2.28. The van der Waals surface area contributed by atoms with Gasteiger partial charge in [0, 0.05) is 17.6 Å². The minimum atomic E-state index is 0.118. The van der Waals surface area contributed by atoms with E-state index in [1.807, 2.05) is 30.6 Å². The molecule has 10 heteroatoms. The maximum absolute atomic E-state index is 9.41. The number of aromatic nitrogens is 2. The van der Waals surface area contributed by atoms with Crippen molar-refractivity contribution >= 4 is 33.3 Å². The molecule has 0 atom stereocenters. The van der Waals surface area contributed by atoms with Crippen molar-refractivity contribution in [2.75, 3.05) is 18.4 Å². The summed E-state index contributed by atoms with van der Waals surface area (Å²) in [5, 5.41) is 23.0. The summed E-state index contributed by atoms with van der Waals surface area (Å²) in [6, 6.07) is 5.57. The van der Waals surface area contributed by atoms with Crippen molar-refractivity contribution < 1.29 is 9.84 Å². The normalized spacial score (nSPS) is 11.2. The zero-order chi connectivity index (χ0) is 18.2. The Bertz CT molecular complexity index is 760. The molecule has 2 aromatic rings. The highest BCUT2D eigenvalue weighted by atomic mass is 79.9. The molecule has 6 N–H and O–H groups in total. The first-order chi connectivity index (χ1) is 12.0. The second-order valence-corrected chi connectivity index (χ2v) is 6.05. The van der Waals surface area contributed by atoms with E-state index in [2.05, 4.69) is 48.4 Å². The maximum atomic E-state index is 9.41. The van der Waals surface area contributed by atoms with Crippen LogP contribution >= 0.6 is 15.9 Å². The van der Waals surface area contributed by atoms with Gasteiger partial charge < -0.3 is 16.4 Å². The lowest BCUT2D eigenvalue weighted by Gasteiger charge is -2.07. The lowest BCUT2D eigenvalue weighted by molar-refractivity contribution is 0.234. The van der Waals surface area contributed by atoms with E-state index < -0.39 is 0 Å². The molecule has 0 radical (unpaired) electrons. The summed E-state index contributed by atoms with van der Waals surface area (Å²) in [5.41, 5.74) is 9.45. The number of hydroxylamine groups is 1. The molecule has 0 saturated heterocycles. The fourth-order valence-electron chi connectivity index (χ4n) is 1.92. The van der Waals surface area contributed by atoms with Gasteiger partial charge in [0.15, 0.2) is 11.5 Å². The number of nitrogens with two attached hydrogens (primary N) is 1. The summed E-state index contributed by atoms with van der Waals surface area (Å²) < 4.78 is 5.66. The first-order valence-corrected chi connectivity index (χ1v) is 8.30. The molecule has 0 amide bonds. The second kappa shape index (κ2) is 9.04. The van der Waals surface area contributed by atoms with E-state index in [0.717, 1.165) is 16.5 Å². The Morgan fingerprint density at radius 3 is 2.88 bits per heavy atom. The highest BCUT2D eigenvalue weighted by Gasteiger charge is 2.16. The van der Waals surface area contributed by atoms with E-state index in [0.29, 0.717) is 30.4 Å². The molecular formula is C15H20BrN7O2. The molecule has 134 valence electrons. The lowest BCUT2D eigenvalue weighted by atomic mass is 10.2. The Balaban J connectivity index is 2.08. The standard InChI is InChI=1S/C15H20BrN7O2/c1-9-4-5-11(8-12(9)16)20-15(21-24)13-14(23-25-22-13)19-7-3-6-18-10(2)17/h4-5,8,18,24H,2-3,6-7,17H2,1H3,(H,19,23)(H,20,21). The van der Waals surface area contributed by atoms with Gasteiger partial charge in [0.2, 0.25) is 5.82 Å². The van der Waals surface area contributed by atoms with E-state index in [9.17, 15) is 5.21 Å². The molecule has 0 bridgehead atoms. The summed E-state index contributed by atoms with van der Waals surface area (Å²) in [7, 11) is 0. The van der Waals surface area contributed by atoms with Crippen molar-refractivity contribution in [1.29, 1.82) is 0 Å². The molecule has 1 aromatic carbocycles. The highest BCUT2D eigenvalue weighted by molar-refractivity contribution is 9.10. The number of nitrogens with zero attached hydrogens (tertiary/aromatic N) is 3. The molecule has 1 heterocycles. The summed E-state index contributed by atoms with van der Waals surface area (Å²) in [5.74, 6) is 0.915. The first kappa shape index (κ1) is 18.7. The summed E-state index contributed by atoms with van der Waals surface area (Å²) in [6.45, 7) is 6.79. The van der Waals surface area contributed by atoms with Crippen LogP contribution in [0.4, 0.5) is 11.5 Å². The van der Waals surface area contributed by atoms with Gasteiger partial charge in [0.1, 0.15) is 0 Å². The van der Waals surface area contributed by atoms with Crippen LogP contribution in [0, 0.1) is 6.92 Å². The van der Waals surface area contributed by atoms with E-state index in [4.69, 9.17) is 10.4 Å². The topological polar surface area (TPSA) is 134 Å². The molecule has 2 rings (SSSR count). The number of nitrogens with one attached hydrogen (secondary N) is 3. The van der Waals surface area contributed by atoms with Crippen LogP contribution in [0.1, 0.15) is 17.7 Å². The van der Waals surface area contributed by atoms with E-state index in [1.54, 1.807) is 0 Å². The van der Waals surface area contributed by atoms with Crippen LogP contribution in [-0.4, -0.2) is 34.4 Å². The van der Waals surface area contributed by atoms with E-state index in [-0.39, 0.29) is 11.5 Å².